The van der Waals surface area contributed by atoms with E-state index >= 15 is 0 Å². The fourth-order valence-electron chi connectivity index (χ4n) is 4.86. The normalized spacial score (nSPS) is 17.8. The van der Waals surface area contributed by atoms with Crippen molar-refractivity contribution in [3.63, 3.8) is 0 Å². The zero-order valence-electron chi connectivity index (χ0n) is 18.6. The van der Waals surface area contributed by atoms with Crippen molar-refractivity contribution in [3.05, 3.63) is 47.0 Å². The summed E-state index contributed by atoms with van der Waals surface area (Å²) in [4.78, 5) is 26.8. The summed E-state index contributed by atoms with van der Waals surface area (Å²) in [5, 5.41) is 4.71. The van der Waals surface area contributed by atoms with Crippen molar-refractivity contribution in [3.8, 4) is 11.3 Å². The number of fused-ring (bicyclic) bond motifs is 8. The monoisotopic (exact) mass is 435 g/mol. The molecule has 3 aromatic rings. The fraction of sp³-hybridized carbons (Fsp3) is 0.391. The second kappa shape index (κ2) is 7.29. The molecule has 8 nitrogen and oxygen atoms in total. The highest BCUT2D eigenvalue weighted by atomic mass is 19.1. The molecule has 1 fully saturated rings. The Bertz CT molecular complexity index is 1240. The van der Waals surface area contributed by atoms with E-state index in [4.69, 9.17) is 15.8 Å². The van der Waals surface area contributed by atoms with E-state index in [0.717, 1.165) is 24.1 Å². The van der Waals surface area contributed by atoms with Gasteiger partial charge in [-0.25, -0.2) is 19.0 Å². The molecule has 2 bridgehead atoms. The van der Waals surface area contributed by atoms with Gasteiger partial charge >= 0.3 is 0 Å². The molecule has 1 aromatic carbocycles. The summed E-state index contributed by atoms with van der Waals surface area (Å²) in [5.41, 5.74) is 9.47. The maximum absolute atomic E-state index is 14.4. The first kappa shape index (κ1) is 20.4. The molecule has 166 valence electrons. The van der Waals surface area contributed by atoms with Crippen LogP contribution in [0.15, 0.2) is 24.4 Å². The number of nitrogen functional groups attached to an aromatic ring is 1. The van der Waals surface area contributed by atoms with Crippen LogP contribution in [0.3, 0.4) is 0 Å². The number of anilines is 3. The Balaban J connectivity index is 1.87. The molecule has 4 heterocycles. The Morgan fingerprint density at radius 1 is 1.28 bits per heavy atom. The third-order valence-corrected chi connectivity index (χ3v) is 6.34. The smallest absolute Gasteiger partial charge is 0.259 e. The van der Waals surface area contributed by atoms with Crippen LogP contribution in [-0.2, 0) is 0 Å². The first-order valence-electron chi connectivity index (χ1n) is 10.8. The number of carbonyl (C=O) groups excluding carboxylic acids is 1. The first-order valence-corrected chi connectivity index (χ1v) is 10.8. The molecule has 2 aromatic heterocycles. The number of halogens is 1. The maximum Gasteiger partial charge on any atom is 0.259 e. The number of amides is 1. The average Bonchev–Trinajstić information content (AvgIpc) is 3.37. The van der Waals surface area contributed by atoms with Crippen LogP contribution in [0.2, 0.25) is 0 Å². The molecule has 2 aliphatic heterocycles. The molecular weight excluding hydrogens is 409 g/mol. The summed E-state index contributed by atoms with van der Waals surface area (Å²) in [6.07, 6.45) is 3.28. The number of hydrogen-bond donors (Lipinski definition) is 1. The second-order valence-electron chi connectivity index (χ2n) is 8.73. The van der Waals surface area contributed by atoms with Crippen molar-refractivity contribution in [2.75, 3.05) is 29.1 Å². The zero-order chi connectivity index (χ0) is 22.7. The first-order chi connectivity index (χ1) is 15.3. The highest BCUT2D eigenvalue weighted by molar-refractivity contribution is 6.08. The molecule has 2 N–H and O–H groups in total. The number of hydrogen-bond acceptors (Lipinski definition) is 6. The second-order valence-corrected chi connectivity index (χ2v) is 8.73. The third kappa shape index (κ3) is 2.95. The largest absolute Gasteiger partial charge is 0.381 e. The van der Waals surface area contributed by atoms with Gasteiger partial charge in [-0.15, -0.1) is 0 Å². The molecule has 0 radical (unpaired) electrons. The lowest BCUT2D eigenvalue weighted by molar-refractivity contribution is 0.0990. The van der Waals surface area contributed by atoms with E-state index in [1.807, 2.05) is 30.4 Å². The fourth-order valence-corrected chi connectivity index (χ4v) is 4.86. The van der Waals surface area contributed by atoms with E-state index in [9.17, 15) is 9.18 Å². The van der Waals surface area contributed by atoms with Crippen molar-refractivity contribution in [1.82, 2.24) is 19.7 Å². The number of aryl methyl sites for hydroxylation is 1. The topological polar surface area (TPSA) is 93.2 Å². The van der Waals surface area contributed by atoms with Crippen molar-refractivity contribution in [2.24, 2.45) is 0 Å². The highest BCUT2D eigenvalue weighted by Gasteiger charge is 2.36. The van der Waals surface area contributed by atoms with Crippen molar-refractivity contribution < 1.29 is 9.18 Å². The molecule has 0 spiro atoms. The van der Waals surface area contributed by atoms with E-state index in [2.05, 4.69) is 4.98 Å². The van der Waals surface area contributed by atoms with Gasteiger partial charge in [-0.05, 0) is 57.4 Å². The van der Waals surface area contributed by atoms with Crippen LogP contribution in [0.1, 0.15) is 60.4 Å². The minimum absolute atomic E-state index is 0.00913. The number of nitrogens with zero attached hydrogens (tertiary/aromatic N) is 6. The minimum Gasteiger partial charge on any atom is -0.381 e. The molecule has 0 saturated carbocycles. The summed E-state index contributed by atoms with van der Waals surface area (Å²) in [7, 11) is 1.73. The summed E-state index contributed by atoms with van der Waals surface area (Å²) >= 11 is 0. The van der Waals surface area contributed by atoms with Crippen LogP contribution in [-0.4, -0.2) is 39.2 Å². The van der Waals surface area contributed by atoms with Gasteiger partial charge < -0.3 is 10.6 Å². The van der Waals surface area contributed by atoms with E-state index in [-0.39, 0.29) is 23.8 Å². The van der Waals surface area contributed by atoms with Gasteiger partial charge in [0.1, 0.15) is 11.6 Å². The van der Waals surface area contributed by atoms with Crippen molar-refractivity contribution in [1.29, 1.82) is 0 Å². The average molecular weight is 436 g/mol. The van der Waals surface area contributed by atoms with Crippen molar-refractivity contribution in [2.45, 2.75) is 45.7 Å². The Kier molecular flexibility index (Phi) is 4.65. The van der Waals surface area contributed by atoms with E-state index in [1.54, 1.807) is 24.2 Å². The molecule has 5 rings (SSSR count). The summed E-state index contributed by atoms with van der Waals surface area (Å²) in [5.74, 6) is 0.904. The lowest BCUT2D eigenvalue weighted by Gasteiger charge is -2.28. The molecule has 32 heavy (non-hydrogen) atoms. The quantitative estimate of drug-likeness (QED) is 0.624. The molecule has 1 amide bonds. The van der Waals surface area contributed by atoms with E-state index < -0.39 is 0 Å². The van der Waals surface area contributed by atoms with Crippen LogP contribution in [0, 0.1) is 12.7 Å². The molecule has 0 aliphatic carbocycles. The number of benzene rings is 1. The van der Waals surface area contributed by atoms with Crippen LogP contribution in [0.4, 0.5) is 21.8 Å². The lowest BCUT2D eigenvalue weighted by Crippen LogP contribution is -2.32. The molecule has 0 unspecified atom stereocenters. The minimum atomic E-state index is -0.377. The maximum atomic E-state index is 14.4. The van der Waals surface area contributed by atoms with E-state index in [1.165, 1.54) is 12.1 Å². The SMILES string of the molecule is Cc1nn(C(C)C)c2c1-c1cnc(N)c(n1)N1CCC[C@@H]1c1cc(F)ccc1C(=O)N2C. The van der Waals surface area contributed by atoms with Gasteiger partial charge in [0.2, 0.25) is 0 Å². The summed E-state index contributed by atoms with van der Waals surface area (Å²) < 4.78 is 16.2. The Morgan fingerprint density at radius 3 is 2.81 bits per heavy atom. The van der Waals surface area contributed by atoms with Gasteiger partial charge in [0, 0.05) is 25.2 Å². The van der Waals surface area contributed by atoms with Crippen LogP contribution in [0.25, 0.3) is 11.3 Å². The summed E-state index contributed by atoms with van der Waals surface area (Å²) in [6.45, 7) is 6.62. The Hall–Kier alpha value is -3.49. The van der Waals surface area contributed by atoms with Crippen LogP contribution in [0.5, 0.6) is 0 Å². The molecular formula is C23H26FN7O. The Labute approximate surface area is 185 Å². The molecule has 2 aliphatic rings. The molecule has 1 atom stereocenters. The standard InChI is InChI=1S/C23H26FN7O/c1-12(2)31-22-19(13(3)28-31)17-11-26-20(25)21(27-17)30-9-5-6-18(30)16-10-14(24)7-8-15(16)23(32)29(22)4/h7-8,10-12,18H,5-6,9H2,1-4H3,(H2,25,26)/t18-/m1/s1. The zero-order valence-corrected chi connectivity index (χ0v) is 18.6. The summed E-state index contributed by atoms with van der Waals surface area (Å²) in [6, 6.07) is 4.17. The van der Waals surface area contributed by atoms with E-state index in [0.29, 0.717) is 40.8 Å². The number of carbonyl (C=O) groups is 1. The van der Waals surface area contributed by atoms with Gasteiger partial charge in [-0.3, -0.25) is 9.69 Å². The van der Waals surface area contributed by atoms with Crippen molar-refractivity contribution >= 4 is 23.4 Å². The molecule has 9 heteroatoms. The van der Waals surface area contributed by atoms with Gasteiger partial charge in [0.15, 0.2) is 11.6 Å². The number of nitrogens with two attached hydrogens (primary N) is 1. The van der Waals surface area contributed by atoms with Gasteiger partial charge in [-0.1, -0.05) is 0 Å². The highest BCUT2D eigenvalue weighted by Crippen LogP contribution is 2.42. The Morgan fingerprint density at radius 2 is 2.06 bits per heavy atom. The number of aromatic nitrogens is 4. The lowest BCUT2D eigenvalue weighted by atomic mass is 9.97. The van der Waals surface area contributed by atoms with Crippen LogP contribution >= 0.6 is 0 Å². The number of rotatable bonds is 1. The predicted octanol–water partition coefficient (Wildman–Crippen LogP) is 3.88. The van der Waals surface area contributed by atoms with Gasteiger partial charge in [0.25, 0.3) is 5.91 Å². The third-order valence-electron chi connectivity index (χ3n) is 6.34. The van der Waals surface area contributed by atoms with Gasteiger partial charge in [0.05, 0.1) is 29.2 Å². The van der Waals surface area contributed by atoms with Crippen LogP contribution < -0.4 is 15.5 Å². The van der Waals surface area contributed by atoms with Gasteiger partial charge in [-0.2, -0.15) is 5.10 Å². The predicted molar refractivity (Wildman–Crippen MR) is 121 cm³/mol. The molecule has 1 saturated heterocycles.